The van der Waals surface area contributed by atoms with Gasteiger partial charge in [0.25, 0.3) is 5.91 Å². The van der Waals surface area contributed by atoms with Gasteiger partial charge in [-0.2, -0.15) is 11.8 Å². The molecule has 4 nitrogen and oxygen atoms in total. The summed E-state index contributed by atoms with van der Waals surface area (Å²) < 4.78 is 5.21. The van der Waals surface area contributed by atoms with Crippen molar-refractivity contribution in [2.75, 3.05) is 18.6 Å². The first kappa shape index (κ1) is 12.1. The topological polar surface area (TPSA) is 68.3 Å². The van der Waals surface area contributed by atoms with Gasteiger partial charge in [0.15, 0.2) is 5.76 Å². The van der Waals surface area contributed by atoms with Crippen LogP contribution < -0.4 is 11.1 Å². The van der Waals surface area contributed by atoms with Crippen LogP contribution in [0.4, 0.5) is 0 Å². The summed E-state index contributed by atoms with van der Waals surface area (Å²) in [6.07, 6.45) is 3.01. The Hall–Kier alpha value is -0.940. The Morgan fingerprint density at radius 3 is 3.00 bits per heavy atom. The molecule has 0 bridgehead atoms. The van der Waals surface area contributed by atoms with Gasteiger partial charge in [-0.25, -0.2) is 0 Å². The lowest BCUT2D eigenvalue weighted by Gasteiger charge is -2.01. The highest BCUT2D eigenvalue weighted by Crippen LogP contribution is 2.06. The van der Waals surface area contributed by atoms with Crippen LogP contribution in [0.3, 0.4) is 0 Å². The van der Waals surface area contributed by atoms with Gasteiger partial charge in [0.1, 0.15) is 5.76 Å². The summed E-state index contributed by atoms with van der Waals surface area (Å²) in [5.41, 5.74) is 5.37. The maximum atomic E-state index is 11.5. The zero-order valence-corrected chi connectivity index (χ0v) is 9.60. The van der Waals surface area contributed by atoms with Crippen molar-refractivity contribution in [1.29, 1.82) is 0 Å². The highest BCUT2D eigenvalue weighted by Gasteiger charge is 2.09. The zero-order valence-electron chi connectivity index (χ0n) is 8.79. The molecule has 1 rings (SSSR count). The summed E-state index contributed by atoms with van der Waals surface area (Å²) in [7, 11) is 0. The summed E-state index contributed by atoms with van der Waals surface area (Å²) in [4.78, 5) is 11.5. The van der Waals surface area contributed by atoms with Crippen LogP contribution in [0, 0.1) is 0 Å². The number of hydrogen-bond donors (Lipinski definition) is 2. The minimum atomic E-state index is -0.171. The van der Waals surface area contributed by atoms with Crippen LogP contribution in [-0.2, 0) is 6.54 Å². The lowest BCUT2D eigenvalue weighted by Crippen LogP contribution is -2.24. The van der Waals surface area contributed by atoms with E-state index < -0.39 is 0 Å². The highest BCUT2D eigenvalue weighted by molar-refractivity contribution is 7.98. The fourth-order valence-corrected chi connectivity index (χ4v) is 1.55. The Morgan fingerprint density at radius 2 is 2.40 bits per heavy atom. The van der Waals surface area contributed by atoms with Crippen molar-refractivity contribution in [3.63, 3.8) is 0 Å². The maximum absolute atomic E-state index is 11.5. The molecule has 5 heteroatoms. The van der Waals surface area contributed by atoms with Crippen molar-refractivity contribution in [3.05, 3.63) is 23.7 Å². The molecule has 0 aliphatic rings. The SMILES string of the molecule is CSCCCNC(=O)c1ccc(CN)o1. The van der Waals surface area contributed by atoms with E-state index in [0.29, 0.717) is 24.6 Å². The normalized spacial score (nSPS) is 10.3. The van der Waals surface area contributed by atoms with E-state index in [9.17, 15) is 4.79 Å². The molecule has 0 fully saturated rings. The monoisotopic (exact) mass is 228 g/mol. The number of furan rings is 1. The van der Waals surface area contributed by atoms with Crippen molar-refractivity contribution in [2.24, 2.45) is 5.73 Å². The Morgan fingerprint density at radius 1 is 1.60 bits per heavy atom. The van der Waals surface area contributed by atoms with Crippen molar-refractivity contribution in [2.45, 2.75) is 13.0 Å². The van der Waals surface area contributed by atoms with Crippen LogP contribution in [-0.4, -0.2) is 24.5 Å². The molecule has 15 heavy (non-hydrogen) atoms. The molecule has 3 N–H and O–H groups in total. The maximum Gasteiger partial charge on any atom is 0.286 e. The smallest absolute Gasteiger partial charge is 0.286 e. The third kappa shape index (κ3) is 3.97. The summed E-state index contributed by atoms with van der Waals surface area (Å²) in [6.45, 7) is 0.998. The molecule has 1 amide bonds. The fraction of sp³-hybridized carbons (Fsp3) is 0.500. The van der Waals surface area contributed by atoms with Gasteiger partial charge in [-0.15, -0.1) is 0 Å². The van der Waals surface area contributed by atoms with Crippen LogP contribution in [0.25, 0.3) is 0 Å². The lowest BCUT2D eigenvalue weighted by molar-refractivity contribution is 0.0924. The number of amides is 1. The molecule has 1 aromatic heterocycles. The van der Waals surface area contributed by atoms with Crippen molar-refractivity contribution >= 4 is 17.7 Å². The van der Waals surface area contributed by atoms with Gasteiger partial charge >= 0.3 is 0 Å². The first-order valence-corrected chi connectivity index (χ1v) is 6.23. The quantitative estimate of drug-likeness (QED) is 0.718. The van der Waals surface area contributed by atoms with Gasteiger partial charge in [-0.3, -0.25) is 4.79 Å². The molecular formula is C10H16N2O2S. The molecule has 1 aromatic rings. The van der Waals surface area contributed by atoms with E-state index in [0.717, 1.165) is 12.2 Å². The van der Waals surface area contributed by atoms with Crippen LogP contribution in [0.5, 0.6) is 0 Å². The van der Waals surface area contributed by atoms with Gasteiger partial charge in [-0.1, -0.05) is 0 Å². The first-order valence-electron chi connectivity index (χ1n) is 4.84. The number of nitrogens with two attached hydrogens (primary N) is 1. The molecule has 1 heterocycles. The van der Waals surface area contributed by atoms with Gasteiger partial charge in [-0.05, 0) is 30.6 Å². The Bertz CT molecular complexity index is 312. The van der Waals surface area contributed by atoms with Crippen molar-refractivity contribution in [1.82, 2.24) is 5.32 Å². The average Bonchev–Trinajstić information content (AvgIpc) is 2.72. The summed E-state index contributed by atoms with van der Waals surface area (Å²) >= 11 is 1.77. The second-order valence-corrected chi connectivity index (χ2v) is 4.06. The van der Waals surface area contributed by atoms with Gasteiger partial charge in [0.05, 0.1) is 6.54 Å². The predicted molar refractivity (Wildman–Crippen MR) is 61.9 cm³/mol. The fourth-order valence-electron chi connectivity index (χ4n) is 1.12. The summed E-state index contributed by atoms with van der Waals surface area (Å²) in [6, 6.07) is 3.36. The molecule has 0 aliphatic carbocycles. The van der Waals surface area contributed by atoms with Gasteiger partial charge in [0, 0.05) is 6.54 Å². The van der Waals surface area contributed by atoms with E-state index >= 15 is 0 Å². The zero-order chi connectivity index (χ0) is 11.1. The van der Waals surface area contributed by atoms with Crippen LogP contribution in [0.15, 0.2) is 16.5 Å². The average molecular weight is 228 g/mol. The number of carbonyl (C=O) groups is 1. The number of carbonyl (C=O) groups excluding carboxylic acids is 1. The van der Waals surface area contributed by atoms with E-state index in [-0.39, 0.29) is 5.91 Å². The van der Waals surface area contributed by atoms with E-state index in [2.05, 4.69) is 5.32 Å². The van der Waals surface area contributed by atoms with Gasteiger partial charge in [0.2, 0.25) is 0 Å². The van der Waals surface area contributed by atoms with Crippen LogP contribution in [0.2, 0.25) is 0 Å². The van der Waals surface area contributed by atoms with E-state index in [4.69, 9.17) is 10.2 Å². The van der Waals surface area contributed by atoms with Crippen molar-refractivity contribution in [3.8, 4) is 0 Å². The summed E-state index contributed by atoms with van der Waals surface area (Å²) in [5.74, 6) is 1.84. The third-order valence-electron chi connectivity index (χ3n) is 1.90. The lowest BCUT2D eigenvalue weighted by atomic mass is 10.4. The molecule has 0 aromatic carbocycles. The molecule has 0 saturated carbocycles. The standard InChI is InChI=1S/C10H16N2O2S/c1-15-6-2-5-12-10(13)9-4-3-8(7-11)14-9/h3-4H,2,5-7,11H2,1H3,(H,12,13). The largest absolute Gasteiger partial charge is 0.455 e. The molecule has 0 saturated heterocycles. The van der Waals surface area contributed by atoms with E-state index in [1.807, 2.05) is 6.26 Å². The van der Waals surface area contributed by atoms with E-state index in [1.54, 1.807) is 23.9 Å². The Kier molecular flexibility index (Phi) is 5.28. The molecule has 0 atom stereocenters. The minimum Gasteiger partial charge on any atom is -0.455 e. The predicted octanol–water partition coefficient (Wildman–Crippen LogP) is 1.22. The first-order chi connectivity index (χ1) is 7.27. The second-order valence-electron chi connectivity index (χ2n) is 3.07. The molecule has 0 unspecified atom stereocenters. The Labute approximate surface area is 93.6 Å². The molecule has 0 radical (unpaired) electrons. The number of hydrogen-bond acceptors (Lipinski definition) is 4. The number of rotatable bonds is 6. The number of thioether (sulfide) groups is 1. The van der Waals surface area contributed by atoms with E-state index in [1.165, 1.54) is 0 Å². The molecular weight excluding hydrogens is 212 g/mol. The number of nitrogens with one attached hydrogen (secondary N) is 1. The molecule has 0 aliphatic heterocycles. The second kappa shape index (κ2) is 6.53. The van der Waals surface area contributed by atoms with Crippen molar-refractivity contribution < 1.29 is 9.21 Å². The molecule has 84 valence electrons. The summed E-state index contributed by atoms with van der Waals surface area (Å²) in [5, 5.41) is 2.78. The highest BCUT2D eigenvalue weighted by atomic mass is 32.2. The van der Waals surface area contributed by atoms with Crippen LogP contribution in [0.1, 0.15) is 22.7 Å². The van der Waals surface area contributed by atoms with Crippen LogP contribution >= 0.6 is 11.8 Å². The minimum absolute atomic E-state index is 0.171. The van der Waals surface area contributed by atoms with Gasteiger partial charge < -0.3 is 15.5 Å². The Balaban J connectivity index is 2.33. The molecule has 0 spiro atoms. The third-order valence-corrected chi connectivity index (χ3v) is 2.59.